The van der Waals surface area contributed by atoms with Crippen LogP contribution in [0.25, 0.3) is 87.6 Å². The Morgan fingerprint density at radius 2 is 0.857 bits per heavy atom. The van der Waals surface area contributed by atoms with E-state index in [1.54, 1.807) is 0 Å². The zero-order chi connectivity index (χ0) is 37.0. The van der Waals surface area contributed by atoms with Crippen LogP contribution in [0.5, 0.6) is 0 Å². The molecule has 0 N–H and O–H groups in total. The van der Waals surface area contributed by atoms with Crippen LogP contribution in [0.15, 0.2) is 217 Å². The minimum atomic E-state index is 0.892. The van der Waals surface area contributed by atoms with E-state index in [9.17, 15) is 0 Å². The molecule has 10 aromatic carbocycles. The summed E-state index contributed by atoms with van der Waals surface area (Å²) in [6.07, 6.45) is 0. The zero-order valence-electron chi connectivity index (χ0n) is 30.6. The first-order chi connectivity index (χ1) is 27.8. The van der Waals surface area contributed by atoms with E-state index < -0.39 is 0 Å². The fraction of sp³-hybridized carbons (Fsp3) is 0. The molecule has 0 atom stereocenters. The minimum absolute atomic E-state index is 0.892. The van der Waals surface area contributed by atoms with Crippen LogP contribution in [-0.2, 0) is 0 Å². The molecule has 1 heterocycles. The Morgan fingerprint density at radius 3 is 1.64 bits per heavy atom. The van der Waals surface area contributed by atoms with E-state index in [2.05, 4.69) is 217 Å². The summed E-state index contributed by atoms with van der Waals surface area (Å²) >= 11 is 0. The van der Waals surface area contributed by atoms with Crippen LogP contribution in [0.4, 0.5) is 17.1 Å². The maximum absolute atomic E-state index is 6.79. The highest BCUT2D eigenvalue weighted by Crippen LogP contribution is 2.47. The molecule has 0 spiro atoms. The number of nitrogens with zero attached hydrogens (tertiary/aromatic N) is 1. The third kappa shape index (κ3) is 5.34. The van der Waals surface area contributed by atoms with Crippen LogP contribution < -0.4 is 4.90 Å². The van der Waals surface area contributed by atoms with Gasteiger partial charge in [-0.3, -0.25) is 0 Å². The zero-order valence-corrected chi connectivity index (χ0v) is 30.6. The first kappa shape index (κ1) is 32.0. The number of rotatable bonds is 6. The predicted molar refractivity (Wildman–Crippen MR) is 237 cm³/mol. The van der Waals surface area contributed by atoms with E-state index in [1.165, 1.54) is 54.6 Å². The smallest absolute Gasteiger partial charge is 0.143 e. The molecule has 56 heavy (non-hydrogen) atoms. The normalized spacial score (nSPS) is 11.6. The molecule has 2 heteroatoms. The van der Waals surface area contributed by atoms with Gasteiger partial charge in [0.05, 0.1) is 11.4 Å². The second-order valence-electron chi connectivity index (χ2n) is 14.5. The van der Waals surface area contributed by atoms with Gasteiger partial charge in [-0.25, -0.2) is 0 Å². The lowest BCUT2D eigenvalue weighted by Crippen LogP contribution is -2.11. The van der Waals surface area contributed by atoms with Gasteiger partial charge in [0.2, 0.25) is 0 Å². The molecule has 11 rings (SSSR count). The number of hydrogen-bond donors (Lipinski definition) is 0. The number of benzene rings is 10. The van der Waals surface area contributed by atoms with Gasteiger partial charge in [-0.1, -0.05) is 176 Å². The molecule has 0 radical (unpaired) electrons. The Kier molecular flexibility index (Phi) is 7.53. The summed E-state index contributed by atoms with van der Waals surface area (Å²) in [5, 5.41) is 9.52. The second-order valence-corrected chi connectivity index (χ2v) is 14.5. The molecule has 0 aliphatic heterocycles. The quantitative estimate of drug-likeness (QED) is 0.160. The highest BCUT2D eigenvalue weighted by atomic mass is 16.3. The van der Waals surface area contributed by atoms with Crippen molar-refractivity contribution in [1.82, 2.24) is 0 Å². The molecule has 0 amide bonds. The third-order valence-corrected chi connectivity index (χ3v) is 11.3. The standard InChI is InChI=1S/C54H35NO/c1-2-12-36(13-3-1)37-24-26-38(27-25-37)39-28-31-43(32-29-39)55(52-23-11-19-45-44-17-7-6-14-40(44)30-33-47(45)52)51-22-9-8-18-46(51)48-20-10-21-49-50-34-41-15-4-5-16-42(41)35-53(50)56-54(48)49/h1-35H. The van der Waals surface area contributed by atoms with E-state index in [0.717, 1.165) is 50.1 Å². The molecule has 0 fully saturated rings. The summed E-state index contributed by atoms with van der Waals surface area (Å²) in [6.45, 7) is 0. The highest BCUT2D eigenvalue weighted by Gasteiger charge is 2.22. The van der Waals surface area contributed by atoms with E-state index >= 15 is 0 Å². The summed E-state index contributed by atoms with van der Waals surface area (Å²) in [5.74, 6) is 0. The Hall–Kier alpha value is -7.42. The van der Waals surface area contributed by atoms with Crippen molar-refractivity contribution >= 4 is 71.3 Å². The van der Waals surface area contributed by atoms with Gasteiger partial charge in [0.15, 0.2) is 0 Å². The topological polar surface area (TPSA) is 16.4 Å². The van der Waals surface area contributed by atoms with E-state index in [1.807, 2.05) is 0 Å². The van der Waals surface area contributed by atoms with Gasteiger partial charge in [0.25, 0.3) is 0 Å². The summed E-state index contributed by atoms with van der Waals surface area (Å²) in [7, 11) is 0. The van der Waals surface area contributed by atoms with Crippen LogP contribution in [0.2, 0.25) is 0 Å². The van der Waals surface area contributed by atoms with Crippen molar-refractivity contribution in [3.63, 3.8) is 0 Å². The molecule has 0 saturated carbocycles. The lowest BCUT2D eigenvalue weighted by molar-refractivity contribution is 0.670. The van der Waals surface area contributed by atoms with Gasteiger partial charge < -0.3 is 9.32 Å². The van der Waals surface area contributed by atoms with Crippen LogP contribution in [-0.4, -0.2) is 0 Å². The molecule has 0 bridgehead atoms. The van der Waals surface area contributed by atoms with Crippen molar-refractivity contribution in [2.45, 2.75) is 0 Å². The summed E-state index contributed by atoms with van der Waals surface area (Å²) in [6, 6.07) is 76.4. The monoisotopic (exact) mass is 713 g/mol. The second kappa shape index (κ2) is 13.2. The van der Waals surface area contributed by atoms with Crippen LogP contribution >= 0.6 is 0 Å². The Bertz CT molecular complexity index is 3230. The fourth-order valence-corrected chi connectivity index (χ4v) is 8.51. The van der Waals surface area contributed by atoms with Gasteiger partial charge in [-0.2, -0.15) is 0 Å². The van der Waals surface area contributed by atoms with Gasteiger partial charge in [0, 0.05) is 33.0 Å². The number of para-hydroxylation sites is 2. The van der Waals surface area contributed by atoms with Crippen molar-refractivity contribution < 1.29 is 4.42 Å². The van der Waals surface area contributed by atoms with Crippen molar-refractivity contribution in [2.75, 3.05) is 4.90 Å². The third-order valence-electron chi connectivity index (χ3n) is 11.3. The molecule has 0 aliphatic carbocycles. The summed E-state index contributed by atoms with van der Waals surface area (Å²) in [5.41, 5.74) is 12.0. The average molecular weight is 714 g/mol. The molecule has 2 nitrogen and oxygen atoms in total. The molecular formula is C54H35NO. The van der Waals surface area contributed by atoms with Crippen LogP contribution in [0.3, 0.4) is 0 Å². The van der Waals surface area contributed by atoms with Gasteiger partial charge in [-0.05, 0) is 85.6 Å². The highest BCUT2D eigenvalue weighted by molar-refractivity contribution is 6.16. The maximum Gasteiger partial charge on any atom is 0.143 e. The predicted octanol–water partition coefficient (Wildman–Crippen LogP) is 15.5. The van der Waals surface area contributed by atoms with Crippen molar-refractivity contribution in [3.8, 4) is 33.4 Å². The SMILES string of the molecule is c1ccc(-c2ccc(-c3ccc(N(c4ccccc4-c4cccc5c4oc4cc6ccccc6cc45)c4cccc5c4ccc4ccccc45)cc3)cc2)cc1. The van der Waals surface area contributed by atoms with Gasteiger partial charge in [0.1, 0.15) is 11.2 Å². The largest absolute Gasteiger partial charge is 0.455 e. The maximum atomic E-state index is 6.79. The number of anilines is 3. The number of fused-ring (bicyclic) bond motifs is 7. The molecule has 0 unspecified atom stereocenters. The minimum Gasteiger partial charge on any atom is -0.455 e. The van der Waals surface area contributed by atoms with E-state index in [4.69, 9.17) is 4.42 Å². The van der Waals surface area contributed by atoms with E-state index in [0.29, 0.717) is 0 Å². The number of hydrogen-bond acceptors (Lipinski definition) is 2. The van der Waals surface area contributed by atoms with E-state index in [-0.39, 0.29) is 0 Å². The average Bonchev–Trinajstić information content (AvgIpc) is 3.64. The fourth-order valence-electron chi connectivity index (χ4n) is 8.51. The summed E-state index contributed by atoms with van der Waals surface area (Å²) < 4.78 is 6.79. The molecule has 1 aromatic heterocycles. The van der Waals surface area contributed by atoms with Gasteiger partial charge >= 0.3 is 0 Å². The number of furan rings is 1. The molecule has 0 saturated heterocycles. The molecule has 0 aliphatic rings. The van der Waals surface area contributed by atoms with Crippen molar-refractivity contribution in [2.24, 2.45) is 0 Å². The van der Waals surface area contributed by atoms with Gasteiger partial charge in [-0.15, -0.1) is 0 Å². The van der Waals surface area contributed by atoms with Crippen LogP contribution in [0.1, 0.15) is 0 Å². The summed E-state index contributed by atoms with van der Waals surface area (Å²) in [4.78, 5) is 2.42. The Morgan fingerprint density at radius 1 is 0.304 bits per heavy atom. The lowest BCUT2D eigenvalue weighted by atomic mass is 9.96. The lowest BCUT2D eigenvalue weighted by Gasteiger charge is -2.29. The Balaban J connectivity index is 1.10. The first-order valence-corrected chi connectivity index (χ1v) is 19.2. The first-order valence-electron chi connectivity index (χ1n) is 19.2. The van der Waals surface area contributed by atoms with Crippen molar-refractivity contribution in [3.05, 3.63) is 212 Å². The van der Waals surface area contributed by atoms with Crippen molar-refractivity contribution in [1.29, 1.82) is 0 Å². The molecule has 262 valence electrons. The Labute approximate surface area is 325 Å². The molecular weight excluding hydrogens is 679 g/mol. The molecule has 11 aromatic rings. The van der Waals surface area contributed by atoms with Crippen LogP contribution in [0, 0.1) is 0 Å².